The molecule has 0 heterocycles. The van der Waals surface area contributed by atoms with Crippen molar-refractivity contribution in [1.82, 2.24) is 10.6 Å². The fourth-order valence-electron chi connectivity index (χ4n) is 2.41. The molecule has 0 radical (unpaired) electrons. The lowest BCUT2D eigenvalue weighted by atomic mass is 10.1. The number of carbonyl (C=O) groups excluding carboxylic acids is 1. The number of urea groups is 1. The standard InChI is InChI=1S/C13H24N2O3S/c1-3-9(8-12(16)17)14-13(18)15-10-6-5-7-11(10)19-4-2/h9-11H,3-8H2,1-2H3,(H,16,17)(H2,14,15,18). The van der Waals surface area contributed by atoms with E-state index >= 15 is 0 Å². The summed E-state index contributed by atoms with van der Waals surface area (Å²) < 4.78 is 0. The van der Waals surface area contributed by atoms with E-state index in [4.69, 9.17) is 5.11 Å². The number of aliphatic carboxylic acids is 1. The van der Waals surface area contributed by atoms with Crippen molar-refractivity contribution in [2.45, 2.75) is 63.3 Å². The van der Waals surface area contributed by atoms with Gasteiger partial charge < -0.3 is 15.7 Å². The van der Waals surface area contributed by atoms with Crippen molar-refractivity contribution in [3.63, 3.8) is 0 Å². The second kappa shape index (κ2) is 8.30. The number of hydrogen-bond acceptors (Lipinski definition) is 3. The maximum Gasteiger partial charge on any atom is 0.315 e. The molecule has 3 N–H and O–H groups in total. The van der Waals surface area contributed by atoms with Gasteiger partial charge in [-0.25, -0.2) is 4.79 Å². The van der Waals surface area contributed by atoms with Gasteiger partial charge in [0.25, 0.3) is 0 Å². The highest BCUT2D eigenvalue weighted by Gasteiger charge is 2.28. The molecule has 2 amide bonds. The fourth-order valence-corrected chi connectivity index (χ4v) is 3.61. The zero-order chi connectivity index (χ0) is 14.3. The number of carbonyl (C=O) groups is 2. The van der Waals surface area contributed by atoms with E-state index in [1.807, 2.05) is 18.7 Å². The van der Waals surface area contributed by atoms with Gasteiger partial charge in [-0.1, -0.05) is 20.3 Å². The van der Waals surface area contributed by atoms with Gasteiger partial charge in [0.2, 0.25) is 0 Å². The number of thioether (sulfide) groups is 1. The average Bonchev–Trinajstić information content (AvgIpc) is 2.75. The van der Waals surface area contributed by atoms with Crippen molar-refractivity contribution in [2.24, 2.45) is 0 Å². The van der Waals surface area contributed by atoms with E-state index in [1.54, 1.807) is 0 Å². The molecule has 0 spiro atoms. The summed E-state index contributed by atoms with van der Waals surface area (Å²) in [5.74, 6) is 0.175. The van der Waals surface area contributed by atoms with Crippen LogP contribution in [0.3, 0.4) is 0 Å². The molecule has 0 aromatic heterocycles. The van der Waals surface area contributed by atoms with Crippen LogP contribution in [0.25, 0.3) is 0 Å². The van der Waals surface area contributed by atoms with Crippen LogP contribution in [0.5, 0.6) is 0 Å². The first kappa shape index (κ1) is 16.1. The molecule has 0 bridgehead atoms. The van der Waals surface area contributed by atoms with E-state index in [0.717, 1.165) is 25.0 Å². The van der Waals surface area contributed by atoms with Gasteiger partial charge in [-0.3, -0.25) is 4.79 Å². The van der Waals surface area contributed by atoms with Gasteiger partial charge in [-0.05, 0) is 25.0 Å². The van der Waals surface area contributed by atoms with E-state index < -0.39 is 5.97 Å². The highest BCUT2D eigenvalue weighted by Crippen LogP contribution is 2.29. The SMILES string of the molecule is CCSC1CCCC1NC(=O)NC(CC)CC(=O)O. The molecule has 1 aliphatic rings. The van der Waals surface area contributed by atoms with Crippen molar-refractivity contribution >= 4 is 23.8 Å². The fraction of sp³-hybridized carbons (Fsp3) is 0.846. The largest absolute Gasteiger partial charge is 0.481 e. The van der Waals surface area contributed by atoms with Crippen LogP contribution in [0.15, 0.2) is 0 Å². The van der Waals surface area contributed by atoms with Crippen molar-refractivity contribution in [3.8, 4) is 0 Å². The molecule has 0 aromatic carbocycles. The van der Waals surface area contributed by atoms with E-state index in [9.17, 15) is 9.59 Å². The van der Waals surface area contributed by atoms with Gasteiger partial charge in [0, 0.05) is 17.3 Å². The number of hydrogen-bond donors (Lipinski definition) is 3. The smallest absolute Gasteiger partial charge is 0.315 e. The Kier molecular flexibility index (Phi) is 7.05. The highest BCUT2D eigenvalue weighted by molar-refractivity contribution is 7.99. The quantitative estimate of drug-likeness (QED) is 0.671. The van der Waals surface area contributed by atoms with Crippen LogP contribution >= 0.6 is 11.8 Å². The average molecular weight is 288 g/mol. The molecule has 1 fully saturated rings. The van der Waals surface area contributed by atoms with Gasteiger partial charge in [-0.15, -0.1) is 0 Å². The predicted molar refractivity (Wildman–Crippen MR) is 77.6 cm³/mol. The molecule has 0 aliphatic heterocycles. The summed E-state index contributed by atoms with van der Waals surface area (Å²) in [5, 5.41) is 15.0. The molecule has 5 nitrogen and oxygen atoms in total. The van der Waals surface area contributed by atoms with Crippen molar-refractivity contribution < 1.29 is 14.7 Å². The first-order chi connectivity index (χ1) is 9.06. The summed E-state index contributed by atoms with van der Waals surface area (Å²) >= 11 is 1.89. The van der Waals surface area contributed by atoms with E-state index in [2.05, 4.69) is 17.6 Å². The Morgan fingerprint density at radius 2 is 2.11 bits per heavy atom. The Balaban J connectivity index is 2.38. The molecule has 0 saturated heterocycles. The molecule has 6 heteroatoms. The maximum atomic E-state index is 11.9. The zero-order valence-electron chi connectivity index (χ0n) is 11.6. The molecular weight excluding hydrogens is 264 g/mol. The van der Waals surface area contributed by atoms with E-state index in [-0.39, 0.29) is 24.5 Å². The lowest BCUT2D eigenvalue weighted by molar-refractivity contribution is -0.137. The molecule has 1 aliphatic carbocycles. The van der Waals surface area contributed by atoms with Gasteiger partial charge in [-0.2, -0.15) is 11.8 Å². The van der Waals surface area contributed by atoms with Crippen LogP contribution in [-0.2, 0) is 4.79 Å². The van der Waals surface area contributed by atoms with Crippen molar-refractivity contribution in [3.05, 3.63) is 0 Å². The molecule has 110 valence electrons. The lowest BCUT2D eigenvalue weighted by Gasteiger charge is -2.22. The molecule has 3 atom stereocenters. The Labute approximate surface area is 118 Å². The van der Waals surface area contributed by atoms with Gasteiger partial charge in [0.1, 0.15) is 0 Å². The van der Waals surface area contributed by atoms with Crippen LogP contribution in [0.4, 0.5) is 4.79 Å². The first-order valence-electron chi connectivity index (χ1n) is 6.97. The topological polar surface area (TPSA) is 78.4 Å². The summed E-state index contributed by atoms with van der Waals surface area (Å²) in [6, 6.07) is -0.315. The maximum absolute atomic E-state index is 11.9. The van der Waals surface area contributed by atoms with Crippen molar-refractivity contribution in [2.75, 3.05) is 5.75 Å². The molecule has 1 rings (SSSR count). The number of nitrogens with one attached hydrogen (secondary N) is 2. The van der Waals surface area contributed by atoms with Crippen LogP contribution in [-0.4, -0.2) is 40.2 Å². The van der Waals surface area contributed by atoms with Crippen LogP contribution in [0, 0.1) is 0 Å². The van der Waals surface area contributed by atoms with Gasteiger partial charge >= 0.3 is 12.0 Å². The molecule has 3 unspecified atom stereocenters. The Morgan fingerprint density at radius 1 is 1.37 bits per heavy atom. The van der Waals surface area contributed by atoms with Gasteiger partial charge in [0.15, 0.2) is 0 Å². The lowest BCUT2D eigenvalue weighted by Crippen LogP contribution is -2.48. The summed E-state index contributed by atoms with van der Waals surface area (Å²) in [6.07, 6.45) is 3.91. The predicted octanol–water partition coefficient (Wildman–Crippen LogP) is 2.21. The van der Waals surface area contributed by atoms with E-state index in [0.29, 0.717) is 11.7 Å². The van der Waals surface area contributed by atoms with Crippen LogP contribution in [0.1, 0.15) is 46.0 Å². The molecular formula is C13H24N2O3S. The second-order valence-electron chi connectivity index (χ2n) is 4.85. The number of carboxylic acids is 1. The van der Waals surface area contributed by atoms with Gasteiger partial charge in [0.05, 0.1) is 6.42 Å². The minimum atomic E-state index is -0.882. The minimum absolute atomic E-state index is 0.0261. The third-order valence-electron chi connectivity index (χ3n) is 3.40. The Bertz CT molecular complexity index is 312. The number of amides is 2. The normalized spacial score (nSPS) is 23.9. The van der Waals surface area contributed by atoms with Crippen LogP contribution in [0.2, 0.25) is 0 Å². The number of carboxylic acid groups (broad SMARTS) is 1. The molecule has 1 saturated carbocycles. The summed E-state index contributed by atoms with van der Waals surface area (Å²) in [4.78, 5) is 22.5. The first-order valence-corrected chi connectivity index (χ1v) is 8.02. The minimum Gasteiger partial charge on any atom is -0.481 e. The molecule has 19 heavy (non-hydrogen) atoms. The summed E-state index contributed by atoms with van der Waals surface area (Å²) in [7, 11) is 0. The number of rotatable bonds is 7. The van der Waals surface area contributed by atoms with Crippen LogP contribution < -0.4 is 10.6 Å². The molecule has 0 aromatic rings. The van der Waals surface area contributed by atoms with Crippen molar-refractivity contribution in [1.29, 1.82) is 0 Å². The third-order valence-corrected chi connectivity index (χ3v) is 4.72. The van der Waals surface area contributed by atoms with E-state index in [1.165, 1.54) is 0 Å². The summed E-state index contributed by atoms with van der Waals surface area (Å²) in [6.45, 7) is 4.00. The zero-order valence-corrected chi connectivity index (χ0v) is 12.5. The third kappa shape index (κ3) is 5.72. The monoisotopic (exact) mass is 288 g/mol. The summed E-state index contributed by atoms with van der Waals surface area (Å²) in [5.41, 5.74) is 0. The Morgan fingerprint density at radius 3 is 2.68 bits per heavy atom. The Hall–Kier alpha value is -0.910. The second-order valence-corrected chi connectivity index (χ2v) is 6.37. The highest BCUT2D eigenvalue weighted by atomic mass is 32.2.